The van der Waals surface area contributed by atoms with Gasteiger partial charge in [-0.3, -0.25) is 0 Å². The predicted molar refractivity (Wildman–Crippen MR) is 53.9 cm³/mol. The number of aromatic hydroxyl groups is 1. The Labute approximate surface area is 87.5 Å². The fourth-order valence-corrected chi connectivity index (χ4v) is 1.53. The molecule has 0 bridgehead atoms. The third-order valence-corrected chi connectivity index (χ3v) is 2.71. The molecule has 0 fully saturated rings. The Kier molecular flexibility index (Phi) is 2.87. The van der Waals surface area contributed by atoms with Crippen molar-refractivity contribution in [1.29, 1.82) is 5.26 Å². The number of methoxy groups -OCH3 is 1. The largest absolute Gasteiger partial charge is 0.503 e. The molecule has 0 saturated heterocycles. The molecule has 0 unspecified atom stereocenters. The highest BCUT2D eigenvalue weighted by Gasteiger charge is 2.18. The van der Waals surface area contributed by atoms with Crippen LogP contribution in [0.2, 0.25) is 5.02 Å². The van der Waals surface area contributed by atoms with Crippen LogP contribution in [-0.4, -0.2) is 12.2 Å². The first-order chi connectivity index (χ1) is 6.54. The maximum atomic E-state index is 9.67. The van der Waals surface area contributed by atoms with Gasteiger partial charge in [0.2, 0.25) is 0 Å². The van der Waals surface area contributed by atoms with E-state index in [2.05, 4.69) is 0 Å². The summed E-state index contributed by atoms with van der Waals surface area (Å²) in [5, 5.41) is 18.9. The SMILES string of the molecule is COc1c(C)c(Cl)c(C)c(C#N)c1O. The third kappa shape index (κ3) is 1.38. The normalized spacial score (nSPS) is 9.64. The van der Waals surface area contributed by atoms with E-state index in [1.54, 1.807) is 13.8 Å². The lowest BCUT2D eigenvalue weighted by Crippen LogP contribution is -1.95. The molecule has 0 aliphatic heterocycles. The Morgan fingerprint density at radius 2 is 1.93 bits per heavy atom. The zero-order valence-electron chi connectivity index (χ0n) is 8.18. The van der Waals surface area contributed by atoms with E-state index in [0.717, 1.165) is 0 Å². The van der Waals surface area contributed by atoms with E-state index >= 15 is 0 Å². The van der Waals surface area contributed by atoms with E-state index in [1.165, 1.54) is 7.11 Å². The van der Waals surface area contributed by atoms with Crippen molar-refractivity contribution < 1.29 is 9.84 Å². The maximum absolute atomic E-state index is 9.67. The van der Waals surface area contributed by atoms with Crippen LogP contribution in [-0.2, 0) is 0 Å². The summed E-state index contributed by atoms with van der Waals surface area (Å²) in [6.45, 7) is 3.42. The molecular formula is C10H10ClNO2. The fraction of sp³-hybridized carbons (Fsp3) is 0.300. The van der Waals surface area contributed by atoms with Crippen molar-refractivity contribution in [3.05, 3.63) is 21.7 Å². The van der Waals surface area contributed by atoms with Gasteiger partial charge in [0.15, 0.2) is 11.5 Å². The summed E-state index contributed by atoms with van der Waals surface area (Å²) in [7, 11) is 1.43. The predicted octanol–water partition coefficient (Wildman–Crippen LogP) is 2.54. The van der Waals surface area contributed by atoms with Gasteiger partial charge in [-0.05, 0) is 19.4 Å². The second-order valence-electron chi connectivity index (χ2n) is 2.93. The second kappa shape index (κ2) is 3.77. The summed E-state index contributed by atoms with van der Waals surface area (Å²) in [6, 6.07) is 1.89. The van der Waals surface area contributed by atoms with Gasteiger partial charge in [0.1, 0.15) is 11.6 Å². The molecule has 0 heterocycles. The molecule has 3 nitrogen and oxygen atoms in total. The second-order valence-corrected chi connectivity index (χ2v) is 3.31. The summed E-state index contributed by atoms with van der Waals surface area (Å²) in [6.07, 6.45) is 0. The number of nitriles is 1. The van der Waals surface area contributed by atoms with Gasteiger partial charge in [0, 0.05) is 5.56 Å². The van der Waals surface area contributed by atoms with Crippen molar-refractivity contribution in [1.82, 2.24) is 0 Å². The van der Waals surface area contributed by atoms with E-state index in [4.69, 9.17) is 21.6 Å². The third-order valence-electron chi connectivity index (χ3n) is 2.14. The minimum Gasteiger partial charge on any atom is -0.503 e. The molecule has 1 aromatic carbocycles. The van der Waals surface area contributed by atoms with Crippen molar-refractivity contribution in [3.63, 3.8) is 0 Å². The van der Waals surface area contributed by atoms with Crippen LogP contribution in [0, 0.1) is 25.2 Å². The van der Waals surface area contributed by atoms with Gasteiger partial charge in [0.25, 0.3) is 0 Å². The quantitative estimate of drug-likeness (QED) is 0.777. The molecule has 4 heteroatoms. The highest BCUT2D eigenvalue weighted by atomic mass is 35.5. The van der Waals surface area contributed by atoms with Gasteiger partial charge in [-0.2, -0.15) is 5.26 Å². The number of nitrogens with zero attached hydrogens (tertiary/aromatic N) is 1. The zero-order chi connectivity index (χ0) is 10.9. The number of ether oxygens (including phenoxy) is 1. The minimum atomic E-state index is -0.144. The number of rotatable bonds is 1. The number of hydrogen-bond acceptors (Lipinski definition) is 3. The number of hydrogen-bond donors (Lipinski definition) is 1. The summed E-state index contributed by atoms with van der Waals surface area (Å²) in [5.41, 5.74) is 1.38. The molecule has 0 aromatic heterocycles. The summed E-state index contributed by atoms with van der Waals surface area (Å²) in [5.74, 6) is 0.117. The monoisotopic (exact) mass is 211 g/mol. The molecule has 0 amide bonds. The van der Waals surface area contributed by atoms with Crippen molar-refractivity contribution in [2.45, 2.75) is 13.8 Å². The van der Waals surface area contributed by atoms with Crippen LogP contribution in [0.25, 0.3) is 0 Å². The Hall–Kier alpha value is -1.40. The van der Waals surface area contributed by atoms with Crippen LogP contribution in [0.4, 0.5) is 0 Å². The highest BCUT2D eigenvalue weighted by molar-refractivity contribution is 6.32. The lowest BCUT2D eigenvalue weighted by molar-refractivity contribution is 0.370. The van der Waals surface area contributed by atoms with Gasteiger partial charge < -0.3 is 9.84 Å². The lowest BCUT2D eigenvalue weighted by Gasteiger charge is -2.12. The standard InChI is InChI=1S/C10H10ClNO2/c1-5-7(4-12)9(13)10(14-3)6(2)8(5)11/h13H,1-3H3. The summed E-state index contributed by atoms with van der Waals surface area (Å²) in [4.78, 5) is 0. The molecule has 0 saturated carbocycles. The van der Waals surface area contributed by atoms with Crippen molar-refractivity contribution in [2.75, 3.05) is 7.11 Å². The van der Waals surface area contributed by atoms with Crippen LogP contribution >= 0.6 is 11.6 Å². The molecule has 1 aromatic rings. The van der Waals surface area contributed by atoms with Gasteiger partial charge in [-0.25, -0.2) is 0 Å². The average molecular weight is 212 g/mol. The zero-order valence-corrected chi connectivity index (χ0v) is 8.94. The molecule has 0 atom stereocenters. The molecule has 14 heavy (non-hydrogen) atoms. The van der Waals surface area contributed by atoms with E-state index in [-0.39, 0.29) is 17.1 Å². The summed E-state index contributed by atoms with van der Waals surface area (Å²) < 4.78 is 4.97. The number of benzene rings is 1. The molecule has 74 valence electrons. The van der Waals surface area contributed by atoms with E-state index in [0.29, 0.717) is 16.1 Å². The fourth-order valence-electron chi connectivity index (χ4n) is 1.35. The van der Waals surface area contributed by atoms with E-state index < -0.39 is 0 Å². The van der Waals surface area contributed by atoms with Crippen LogP contribution in [0.1, 0.15) is 16.7 Å². The van der Waals surface area contributed by atoms with E-state index in [9.17, 15) is 5.11 Å². The molecule has 0 aliphatic rings. The van der Waals surface area contributed by atoms with E-state index in [1.807, 2.05) is 6.07 Å². The van der Waals surface area contributed by atoms with Gasteiger partial charge >= 0.3 is 0 Å². The first-order valence-corrected chi connectivity index (χ1v) is 4.38. The van der Waals surface area contributed by atoms with Gasteiger partial charge in [-0.1, -0.05) is 11.6 Å². The van der Waals surface area contributed by atoms with Crippen molar-refractivity contribution in [2.24, 2.45) is 0 Å². The molecule has 1 rings (SSSR count). The van der Waals surface area contributed by atoms with Gasteiger partial charge in [-0.15, -0.1) is 0 Å². The highest BCUT2D eigenvalue weighted by Crippen LogP contribution is 2.40. The number of halogens is 1. The smallest absolute Gasteiger partial charge is 0.176 e. The molecule has 1 N–H and O–H groups in total. The maximum Gasteiger partial charge on any atom is 0.176 e. The van der Waals surface area contributed by atoms with Crippen LogP contribution in [0.5, 0.6) is 11.5 Å². The molecule has 0 radical (unpaired) electrons. The Balaban J connectivity index is 3.67. The van der Waals surface area contributed by atoms with Crippen LogP contribution < -0.4 is 4.74 Å². The molecule has 0 aliphatic carbocycles. The molecular weight excluding hydrogens is 202 g/mol. The first-order valence-electron chi connectivity index (χ1n) is 4.00. The average Bonchev–Trinajstić information content (AvgIpc) is 2.16. The lowest BCUT2D eigenvalue weighted by atomic mass is 10.0. The van der Waals surface area contributed by atoms with Crippen LogP contribution in [0.3, 0.4) is 0 Å². The number of phenolic OH excluding ortho intramolecular Hbond substituents is 1. The molecule has 0 spiro atoms. The topological polar surface area (TPSA) is 53.2 Å². The Bertz CT molecular complexity index is 418. The minimum absolute atomic E-state index is 0.144. The summed E-state index contributed by atoms with van der Waals surface area (Å²) >= 11 is 5.98. The van der Waals surface area contributed by atoms with Crippen molar-refractivity contribution >= 4 is 11.6 Å². The van der Waals surface area contributed by atoms with Crippen molar-refractivity contribution in [3.8, 4) is 17.6 Å². The van der Waals surface area contributed by atoms with Gasteiger partial charge in [0.05, 0.1) is 12.1 Å². The van der Waals surface area contributed by atoms with Crippen LogP contribution in [0.15, 0.2) is 0 Å². The number of phenols is 1. The Morgan fingerprint density at radius 3 is 2.36 bits per heavy atom. The Morgan fingerprint density at radius 1 is 1.36 bits per heavy atom. The first kappa shape index (κ1) is 10.7.